The van der Waals surface area contributed by atoms with Gasteiger partial charge in [-0.25, -0.2) is 0 Å². The Kier molecular flexibility index (Phi) is 4.44. The second kappa shape index (κ2) is 6.07. The number of nitrogen functional groups attached to an aromatic ring is 1. The first-order valence-corrected chi connectivity index (χ1v) is 6.66. The standard InChI is InChI=1S/C14H23N3O/c1-12(18)6-7-16-8-10-17(11-9-16)14-5-3-2-4-13(14)15/h2-5,12,18H,6-11,15H2,1H3. The molecule has 1 aromatic carbocycles. The first-order chi connectivity index (χ1) is 8.66. The van der Waals surface area contributed by atoms with E-state index in [1.54, 1.807) is 0 Å². The Labute approximate surface area is 109 Å². The molecule has 4 nitrogen and oxygen atoms in total. The zero-order valence-electron chi connectivity index (χ0n) is 11.0. The Balaban J connectivity index is 1.85. The van der Waals surface area contributed by atoms with Crippen LogP contribution in [0.3, 0.4) is 0 Å². The molecule has 4 heteroatoms. The van der Waals surface area contributed by atoms with Crippen LogP contribution in [0.25, 0.3) is 0 Å². The van der Waals surface area contributed by atoms with Gasteiger partial charge in [-0.1, -0.05) is 12.1 Å². The topological polar surface area (TPSA) is 52.7 Å². The minimum atomic E-state index is -0.201. The summed E-state index contributed by atoms with van der Waals surface area (Å²) in [6, 6.07) is 8.04. The van der Waals surface area contributed by atoms with Crippen LogP contribution < -0.4 is 10.6 Å². The summed E-state index contributed by atoms with van der Waals surface area (Å²) < 4.78 is 0. The molecule has 1 saturated heterocycles. The summed E-state index contributed by atoms with van der Waals surface area (Å²) in [5, 5.41) is 9.30. The van der Waals surface area contributed by atoms with Gasteiger partial charge in [0.15, 0.2) is 0 Å². The van der Waals surface area contributed by atoms with Crippen molar-refractivity contribution in [2.75, 3.05) is 43.4 Å². The van der Waals surface area contributed by atoms with Crippen LogP contribution in [0.15, 0.2) is 24.3 Å². The van der Waals surface area contributed by atoms with E-state index in [0.717, 1.165) is 50.5 Å². The zero-order chi connectivity index (χ0) is 13.0. The Morgan fingerprint density at radius 2 is 1.89 bits per heavy atom. The Hall–Kier alpha value is -1.26. The number of piperazine rings is 1. The van der Waals surface area contributed by atoms with Gasteiger partial charge in [0.1, 0.15) is 0 Å². The van der Waals surface area contributed by atoms with Gasteiger partial charge in [0, 0.05) is 32.7 Å². The number of rotatable bonds is 4. The van der Waals surface area contributed by atoms with Crippen LogP contribution >= 0.6 is 0 Å². The summed E-state index contributed by atoms with van der Waals surface area (Å²) in [4.78, 5) is 4.75. The van der Waals surface area contributed by atoms with Crippen LogP contribution in [0.2, 0.25) is 0 Å². The van der Waals surface area contributed by atoms with Gasteiger partial charge in [0.2, 0.25) is 0 Å². The molecule has 1 atom stereocenters. The van der Waals surface area contributed by atoms with Gasteiger partial charge in [-0.05, 0) is 25.5 Å². The first kappa shape index (κ1) is 13.2. The fourth-order valence-electron chi connectivity index (χ4n) is 2.36. The van der Waals surface area contributed by atoms with Crippen molar-refractivity contribution in [1.82, 2.24) is 4.90 Å². The van der Waals surface area contributed by atoms with E-state index in [-0.39, 0.29) is 6.10 Å². The zero-order valence-corrected chi connectivity index (χ0v) is 11.0. The molecule has 0 amide bonds. The van der Waals surface area contributed by atoms with Crippen LogP contribution in [-0.4, -0.2) is 48.8 Å². The number of anilines is 2. The lowest BCUT2D eigenvalue weighted by atomic mass is 10.2. The van der Waals surface area contributed by atoms with Crippen molar-refractivity contribution in [2.24, 2.45) is 0 Å². The van der Waals surface area contributed by atoms with Crippen molar-refractivity contribution in [3.63, 3.8) is 0 Å². The first-order valence-electron chi connectivity index (χ1n) is 6.66. The third kappa shape index (κ3) is 3.37. The predicted molar refractivity (Wildman–Crippen MR) is 75.8 cm³/mol. The normalized spacial score (nSPS) is 18.9. The molecule has 1 fully saturated rings. The van der Waals surface area contributed by atoms with Crippen LogP contribution in [0.5, 0.6) is 0 Å². The van der Waals surface area contributed by atoms with Crippen molar-refractivity contribution in [3.8, 4) is 0 Å². The molecule has 1 aromatic rings. The Morgan fingerprint density at radius 1 is 1.22 bits per heavy atom. The molecule has 0 aliphatic carbocycles. The smallest absolute Gasteiger partial charge is 0.0600 e. The molecule has 100 valence electrons. The van der Waals surface area contributed by atoms with E-state index < -0.39 is 0 Å². The third-order valence-electron chi connectivity index (χ3n) is 3.51. The fourth-order valence-corrected chi connectivity index (χ4v) is 2.36. The van der Waals surface area contributed by atoms with Crippen molar-refractivity contribution in [1.29, 1.82) is 0 Å². The lowest BCUT2D eigenvalue weighted by Gasteiger charge is -2.36. The second-order valence-corrected chi connectivity index (χ2v) is 5.03. The minimum absolute atomic E-state index is 0.201. The molecule has 3 N–H and O–H groups in total. The number of aliphatic hydroxyl groups is 1. The summed E-state index contributed by atoms with van der Waals surface area (Å²) in [5.41, 5.74) is 8.00. The van der Waals surface area contributed by atoms with E-state index in [9.17, 15) is 5.11 Å². The molecule has 1 heterocycles. The monoisotopic (exact) mass is 249 g/mol. The average molecular weight is 249 g/mol. The maximum Gasteiger partial charge on any atom is 0.0600 e. The highest BCUT2D eigenvalue weighted by atomic mass is 16.3. The van der Waals surface area contributed by atoms with Crippen molar-refractivity contribution < 1.29 is 5.11 Å². The number of benzene rings is 1. The van der Waals surface area contributed by atoms with E-state index in [1.807, 2.05) is 25.1 Å². The van der Waals surface area contributed by atoms with E-state index >= 15 is 0 Å². The van der Waals surface area contributed by atoms with Gasteiger partial charge < -0.3 is 15.7 Å². The summed E-state index contributed by atoms with van der Waals surface area (Å²) in [6.07, 6.45) is 0.654. The minimum Gasteiger partial charge on any atom is -0.397 e. The van der Waals surface area contributed by atoms with Crippen molar-refractivity contribution in [3.05, 3.63) is 24.3 Å². The highest BCUT2D eigenvalue weighted by Crippen LogP contribution is 2.23. The van der Waals surface area contributed by atoms with Gasteiger partial charge >= 0.3 is 0 Å². The quantitative estimate of drug-likeness (QED) is 0.786. The summed E-state index contributed by atoms with van der Waals surface area (Å²) >= 11 is 0. The Morgan fingerprint density at radius 3 is 2.50 bits per heavy atom. The van der Waals surface area contributed by atoms with E-state index in [0.29, 0.717) is 0 Å². The molecule has 18 heavy (non-hydrogen) atoms. The van der Waals surface area contributed by atoms with Gasteiger partial charge in [0.05, 0.1) is 17.5 Å². The number of hydrogen-bond acceptors (Lipinski definition) is 4. The highest BCUT2D eigenvalue weighted by molar-refractivity contribution is 5.67. The number of nitrogens with two attached hydrogens (primary N) is 1. The number of hydrogen-bond donors (Lipinski definition) is 2. The van der Waals surface area contributed by atoms with Gasteiger partial charge in [-0.3, -0.25) is 4.90 Å². The molecule has 2 rings (SSSR count). The maximum atomic E-state index is 9.30. The average Bonchev–Trinajstić information content (AvgIpc) is 2.38. The number of para-hydroxylation sites is 2. The number of nitrogens with zero attached hydrogens (tertiary/aromatic N) is 2. The maximum absolute atomic E-state index is 9.30. The molecule has 0 spiro atoms. The molecule has 0 bridgehead atoms. The lowest BCUT2D eigenvalue weighted by Crippen LogP contribution is -2.47. The molecule has 1 unspecified atom stereocenters. The van der Waals surface area contributed by atoms with E-state index in [2.05, 4.69) is 15.9 Å². The van der Waals surface area contributed by atoms with E-state index in [1.165, 1.54) is 0 Å². The SMILES string of the molecule is CC(O)CCN1CCN(c2ccccc2N)CC1. The van der Waals surface area contributed by atoms with Crippen molar-refractivity contribution >= 4 is 11.4 Å². The third-order valence-corrected chi connectivity index (χ3v) is 3.51. The van der Waals surface area contributed by atoms with Crippen LogP contribution in [-0.2, 0) is 0 Å². The van der Waals surface area contributed by atoms with Crippen LogP contribution in [0, 0.1) is 0 Å². The second-order valence-electron chi connectivity index (χ2n) is 5.03. The lowest BCUT2D eigenvalue weighted by molar-refractivity contribution is 0.153. The molecule has 1 aliphatic heterocycles. The molecule has 0 radical (unpaired) electrons. The largest absolute Gasteiger partial charge is 0.397 e. The van der Waals surface area contributed by atoms with Crippen molar-refractivity contribution in [2.45, 2.75) is 19.4 Å². The summed E-state index contributed by atoms with van der Waals surface area (Å²) in [7, 11) is 0. The van der Waals surface area contributed by atoms with Gasteiger partial charge in [0.25, 0.3) is 0 Å². The molecule has 1 aliphatic rings. The highest BCUT2D eigenvalue weighted by Gasteiger charge is 2.18. The Bertz CT molecular complexity index is 373. The molecular weight excluding hydrogens is 226 g/mol. The molecule has 0 saturated carbocycles. The van der Waals surface area contributed by atoms with Gasteiger partial charge in [-0.2, -0.15) is 0 Å². The summed E-state index contributed by atoms with van der Waals surface area (Å²) in [6.45, 7) is 6.93. The fraction of sp³-hybridized carbons (Fsp3) is 0.571. The van der Waals surface area contributed by atoms with E-state index in [4.69, 9.17) is 5.73 Å². The predicted octanol–water partition coefficient (Wildman–Crippen LogP) is 1.16. The summed E-state index contributed by atoms with van der Waals surface area (Å²) in [5.74, 6) is 0. The molecular formula is C14H23N3O. The molecule has 0 aromatic heterocycles. The number of aliphatic hydroxyl groups excluding tert-OH is 1. The van der Waals surface area contributed by atoms with Crippen LogP contribution in [0.4, 0.5) is 11.4 Å². The van der Waals surface area contributed by atoms with Crippen LogP contribution in [0.1, 0.15) is 13.3 Å². The van der Waals surface area contributed by atoms with Gasteiger partial charge in [-0.15, -0.1) is 0 Å².